The number of aromatic amines is 1. The van der Waals surface area contributed by atoms with E-state index < -0.39 is 0 Å². The summed E-state index contributed by atoms with van der Waals surface area (Å²) in [7, 11) is 3.65. The standard InChI is InChI=1S/C15H15BrN4O/c1-19(8-10-7-17-20(2)9-10)15(21)14-5-11-3-4-12(16)6-13(11)18-14/h3-7,9,18H,8H2,1-2H3. The van der Waals surface area contributed by atoms with Crippen LogP contribution in [0.25, 0.3) is 10.9 Å². The Morgan fingerprint density at radius 2 is 2.24 bits per heavy atom. The number of carbonyl (C=O) groups is 1. The third kappa shape index (κ3) is 2.85. The molecule has 21 heavy (non-hydrogen) atoms. The number of aryl methyl sites for hydroxylation is 1. The van der Waals surface area contributed by atoms with Gasteiger partial charge in [-0.15, -0.1) is 0 Å². The van der Waals surface area contributed by atoms with E-state index in [1.54, 1.807) is 22.8 Å². The van der Waals surface area contributed by atoms with Gasteiger partial charge in [-0.3, -0.25) is 9.48 Å². The van der Waals surface area contributed by atoms with Crippen LogP contribution in [0.5, 0.6) is 0 Å². The molecule has 0 aliphatic heterocycles. The number of carbonyl (C=O) groups excluding carboxylic acids is 1. The van der Waals surface area contributed by atoms with Crippen molar-refractivity contribution in [2.24, 2.45) is 7.05 Å². The van der Waals surface area contributed by atoms with Gasteiger partial charge in [0, 0.05) is 47.8 Å². The van der Waals surface area contributed by atoms with E-state index in [4.69, 9.17) is 0 Å². The van der Waals surface area contributed by atoms with Gasteiger partial charge in [-0.2, -0.15) is 5.10 Å². The Labute approximate surface area is 130 Å². The van der Waals surface area contributed by atoms with Gasteiger partial charge in [0.1, 0.15) is 5.69 Å². The zero-order valence-electron chi connectivity index (χ0n) is 11.8. The highest BCUT2D eigenvalue weighted by atomic mass is 79.9. The van der Waals surface area contributed by atoms with E-state index in [0.717, 1.165) is 20.9 Å². The Kier molecular flexibility index (Phi) is 3.55. The molecule has 0 fully saturated rings. The van der Waals surface area contributed by atoms with Crippen molar-refractivity contribution < 1.29 is 4.79 Å². The lowest BCUT2D eigenvalue weighted by molar-refractivity contribution is 0.0780. The molecule has 0 unspecified atom stereocenters. The third-order valence-electron chi connectivity index (χ3n) is 3.34. The molecule has 3 aromatic rings. The van der Waals surface area contributed by atoms with Crippen LogP contribution < -0.4 is 0 Å². The van der Waals surface area contributed by atoms with Crippen LogP contribution in [0.2, 0.25) is 0 Å². The van der Waals surface area contributed by atoms with Crippen molar-refractivity contribution in [3.8, 4) is 0 Å². The predicted octanol–water partition coefficient (Wildman–Crippen LogP) is 2.94. The van der Waals surface area contributed by atoms with Crippen LogP contribution in [-0.4, -0.2) is 32.6 Å². The highest BCUT2D eigenvalue weighted by Crippen LogP contribution is 2.21. The largest absolute Gasteiger partial charge is 0.350 e. The van der Waals surface area contributed by atoms with E-state index in [1.807, 2.05) is 37.5 Å². The monoisotopic (exact) mass is 346 g/mol. The molecule has 0 saturated heterocycles. The van der Waals surface area contributed by atoms with Gasteiger partial charge in [0.25, 0.3) is 5.91 Å². The number of hydrogen-bond acceptors (Lipinski definition) is 2. The number of halogens is 1. The molecule has 0 spiro atoms. The second-order valence-corrected chi connectivity index (χ2v) is 6.01. The van der Waals surface area contributed by atoms with E-state index in [1.165, 1.54) is 0 Å². The first-order chi connectivity index (χ1) is 10.0. The van der Waals surface area contributed by atoms with Crippen LogP contribution in [0.3, 0.4) is 0 Å². The average molecular weight is 347 g/mol. The summed E-state index contributed by atoms with van der Waals surface area (Å²) >= 11 is 3.43. The molecule has 0 radical (unpaired) electrons. The Morgan fingerprint density at radius 3 is 2.95 bits per heavy atom. The fourth-order valence-corrected chi connectivity index (χ4v) is 2.68. The number of rotatable bonds is 3. The minimum atomic E-state index is -0.0359. The number of amides is 1. The first-order valence-corrected chi connectivity index (χ1v) is 7.33. The molecule has 3 rings (SSSR count). The summed E-state index contributed by atoms with van der Waals surface area (Å²) in [4.78, 5) is 17.3. The van der Waals surface area contributed by atoms with Crippen LogP contribution in [0.4, 0.5) is 0 Å². The number of H-pyrrole nitrogens is 1. The SMILES string of the molecule is CN(Cc1cnn(C)c1)C(=O)c1cc2ccc(Br)cc2[nH]1. The van der Waals surface area contributed by atoms with Crippen molar-refractivity contribution >= 4 is 32.7 Å². The topological polar surface area (TPSA) is 53.9 Å². The van der Waals surface area contributed by atoms with Gasteiger partial charge in [0.2, 0.25) is 0 Å². The Hall–Kier alpha value is -2.08. The van der Waals surface area contributed by atoms with Gasteiger partial charge in [0.15, 0.2) is 0 Å². The molecule has 2 aromatic heterocycles. The highest BCUT2D eigenvalue weighted by molar-refractivity contribution is 9.10. The molecule has 6 heteroatoms. The normalized spacial score (nSPS) is 11.0. The summed E-state index contributed by atoms with van der Waals surface area (Å²) in [5.41, 5.74) is 2.55. The first kappa shape index (κ1) is 13.9. The zero-order valence-corrected chi connectivity index (χ0v) is 13.4. The molecule has 0 atom stereocenters. The lowest BCUT2D eigenvalue weighted by Gasteiger charge is -2.14. The maximum Gasteiger partial charge on any atom is 0.270 e. The minimum Gasteiger partial charge on any atom is -0.350 e. The third-order valence-corrected chi connectivity index (χ3v) is 3.83. The van der Waals surface area contributed by atoms with Gasteiger partial charge in [0.05, 0.1) is 6.20 Å². The first-order valence-electron chi connectivity index (χ1n) is 6.54. The highest BCUT2D eigenvalue weighted by Gasteiger charge is 2.15. The Morgan fingerprint density at radius 1 is 1.43 bits per heavy atom. The molecule has 5 nitrogen and oxygen atoms in total. The van der Waals surface area contributed by atoms with Gasteiger partial charge < -0.3 is 9.88 Å². The number of nitrogens with zero attached hydrogens (tertiary/aromatic N) is 3. The van der Waals surface area contributed by atoms with Crippen molar-refractivity contribution in [1.82, 2.24) is 19.7 Å². The second-order valence-electron chi connectivity index (χ2n) is 5.10. The van der Waals surface area contributed by atoms with Crippen LogP contribution >= 0.6 is 15.9 Å². The number of aromatic nitrogens is 3. The van der Waals surface area contributed by atoms with E-state index in [2.05, 4.69) is 26.0 Å². The maximum atomic E-state index is 12.5. The fourth-order valence-electron chi connectivity index (χ4n) is 2.32. The summed E-state index contributed by atoms with van der Waals surface area (Å²) in [5.74, 6) is -0.0359. The molecule has 1 amide bonds. The molecule has 0 saturated carbocycles. The van der Waals surface area contributed by atoms with E-state index >= 15 is 0 Å². The molecule has 1 aromatic carbocycles. The van der Waals surface area contributed by atoms with Gasteiger partial charge >= 0.3 is 0 Å². The number of benzene rings is 1. The van der Waals surface area contributed by atoms with E-state index in [0.29, 0.717) is 12.2 Å². The van der Waals surface area contributed by atoms with E-state index in [-0.39, 0.29) is 5.91 Å². The summed E-state index contributed by atoms with van der Waals surface area (Å²) < 4.78 is 2.72. The van der Waals surface area contributed by atoms with Crippen molar-refractivity contribution in [2.45, 2.75) is 6.54 Å². The minimum absolute atomic E-state index is 0.0359. The van der Waals surface area contributed by atoms with Crippen LogP contribution in [0.15, 0.2) is 41.1 Å². The Bertz CT molecular complexity index is 805. The molecule has 1 N–H and O–H groups in total. The average Bonchev–Trinajstić information content (AvgIpc) is 3.03. The summed E-state index contributed by atoms with van der Waals surface area (Å²) in [6.45, 7) is 0.533. The van der Waals surface area contributed by atoms with Crippen molar-refractivity contribution in [2.75, 3.05) is 7.05 Å². The van der Waals surface area contributed by atoms with Gasteiger partial charge in [-0.1, -0.05) is 22.0 Å². The smallest absolute Gasteiger partial charge is 0.270 e. The summed E-state index contributed by atoms with van der Waals surface area (Å²) in [6, 6.07) is 7.79. The fraction of sp³-hybridized carbons (Fsp3) is 0.200. The molecular weight excluding hydrogens is 332 g/mol. The zero-order chi connectivity index (χ0) is 15.0. The van der Waals surface area contributed by atoms with Crippen molar-refractivity contribution in [3.05, 3.63) is 52.4 Å². The predicted molar refractivity (Wildman–Crippen MR) is 85.0 cm³/mol. The van der Waals surface area contributed by atoms with Crippen molar-refractivity contribution in [3.63, 3.8) is 0 Å². The van der Waals surface area contributed by atoms with Crippen molar-refractivity contribution in [1.29, 1.82) is 0 Å². The number of fused-ring (bicyclic) bond motifs is 1. The molecule has 0 bridgehead atoms. The molecule has 2 heterocycles. The molecule has 0 aliphatic rings. The lowest BCUT2D eigenvalue weighted by Crippen LogP contribution is -2.26. The molecular formula is C15H15BrN4O. The molecule has 0 aliphatic carbocycles. The Balaban J connectivity index is 1.82. The number of hydrogen-bond donors (Lipinski definition) is 1. The summed E-state index contributed by atoms with van der Waals surface area (Å²) in [6.07, 6.45) is 3.68. The number of nitrogens with one attached hydrogen (secondary N) is 1. The summed E-state index contributed by atoms with van der Waals surface area (Å²) in [5, 5.41) is 5.14. The van der Waals surface area contributed by atoms with Gasteiger partial charge in [-0.25, -0.2) is 0 Å². The lowest BCUT2D eigenvalue weighted by atomic mass is 10.2. The second kappa shape index (κ2) is 5.37. The van der Waals surface area contributed by atoms with E-state index in [9.17, 15) is 4.79 Å². The van der Waals surface area contributed by atoms with Crippen LogP contribution in [-0.2, 0) is 13.6 Å². The maximum absolute atomic E-state index is 12.5. The van der Waals surface area contributed by atoms with Gasteiger partial charge in [-0.05, 0) is 18.2 Å². The molecule has 108 valence electrons. The quantitative estimate of drug-likeness (QED) is 0.792. The van der Waals surface area contributed by atoms with Crippen LogP contribution in [0.1, 0.15) is 16.1 Å². The van der Waals surface area contributed by atoms with Crippen LogP contribution in [0, 0.1) is 0 Å².